The van der Waals surface area contributed by atoms with Crippen molar-refractivity contribution in [2.24, 2.45) is 5.92 Å². The molecule has 0 radical (unpaired) electrons. The Morgan fingerprint density at radius 1 is 1.19 bits per heavy atom. The molecule has 0 aromatic heterocycles. The Labute approximate surface area is 129 Å². The minimum Gasteiger partial charge on any atom is -0.388 e. The van der Waals surface area contributed by atoms with E-state index in [-0.39, 0.29) is 6.10 Å². The summed E-state index contributed by atoms with van der Waals surface area (Å²) in [7, 11) is 4.32. The number of aliphatic hydroxyl groups excluding tert-OH is 1. The van der Waals surface area contributed by atoms with Crippen LogP contribution in [0.15, 0.2) is 18.2 Å². The predicted molar refractivity (Wildman–Crippen MR) is 88.6 cm³/mol. The second-order valence-corrected chi connectivity index (χ2v) is 6.99. The zero-order chi connectivity index (χ0) is 15.6. The Bertz CT molecular complexity index is 452. The smallest absolute Gasteiger partial charge is 0.0802 e. The Morgan fingerprint density at radius 2 is 1.81 bits per heavy atom. The average Bonchev–Trinajstić information content (AvgIpc) is 2.76. The van der Waals surface area contributed by atoms with Crippen LogP contribution in [0.2, 0.25) is 0 Å². The van der Waals surface area contributed by atoms with Crippen LogP contribution in [0.25, 0.3) is 0 Å². The average molecular weight is 290 g/mol. The summed E-state index contributed by atoms with van der Waals surface area (Å²) in [6, 6.07) is 7.00. The molecule has 1 saturated heterocycles. The monoisotopic (exact) mass is 290 g/mol. The van der Waals surface area contributed by atoms with Crippen LogP contribution in [0.4, 0.5) is 0 Å². The molecule has 118 valence electrons. The summed E-state index contributed by atoms with van der Waals surface area (Å²) in [5.41, 5.74) is 3.52. The van der Waals surface area contributed by atoms with Gasteiger partial charge in [-0.25, -0.2) is 0 Å². The maximum Gasteiger partial charge on any atom is 0.0802 e. The largest absolute Gasteiger partial charge is 0.388 e. The van der Waals surface area contributed by atoms with Crippen molar-refractivity contribution in [2.45, 2.75) is 39.3 Å². The lowest BCUT2D eigenvalue weighted by Crippen LogP contribution is -2.34. The van der Waals surface area contributed by atoms with Crippen LogP contribution in [-0.2, 0) is 0 Å². The number of hydrogen-bond donors (Lipinski definition) is 1. The third-order valence-corrected chi connectivity index (χ3v) is 4.66. The van der Waals surface area contributed by atoms with Crippen LogP contribution < -0.4 is 0 Å². The van der Waals surface area contributed by atoms with Gasteiger partial charge < -0.3 is 14.9 Å². The molecule has 0 saturated carbocycles. The molecular weight excluding hydrogens is 260 g/mol. The number of aliphatic hydroxyl groups is 1. The van der Waals surface area contributed by atoms with Crippen LogP contribution >= 0.6 is 0 Å². The minimum atomic E-state index is -0.350. The summed E-state index contributed by atoms with van der Waals surface area (Å²) < 4.78 is 0. The van der Waals surface area contributed by atoms with Crippen LogP contribution in [0, 0.1) is 19.8 Å². The molecule has 0 spiro atoms. The highest BCUT2D eigenvalue weighted by molar-refractivity contribution is 5.29. The van der Waals surface area contributed by atoms with Gasteiger partial charge in [0, 0.05) is 25.7 Å². The van der Waals surface area contributed by atoms with Crippen molar-refractivity contribution in [3.05, 3.63) is 34.9 Å². The first-order chi connectivity index (χ1) is 9.86. The molecular formula is C18H30N2O. The Balaban J connectivity index is 1.88. The molecule has 1 aliphatic heterocycles. The third-order valence-electron chi connectivity index (χ3n) is 4.66. The van der Waals surface area contributed by atoms with E-state index in [0.29, 0.717) is 12.0 Å². The van der Waals surface area contributed by atoms with E-state index >= 15 is 0 Å². The summed E-state index contributed by atoms with van der Waals surface area (Å²) in [6.07, 6.45) is 0.466. The van der Waals surface area contributed by atoms with Gasteiger partial charge in [0.05, 0.1) is 6.10 Å². The third kappa shape index (κ3) is 4.29. The van der Waals surface area contributed by atoms with Crippen LogP contribution in [0.3, 0.4) is 0 Å². The molecule has 2 rings (SSSR count). The van der Waals surface area contributed by atoms with Crippen molar-refractivity contribution in [2.75, 3.05) is 33.7 Å². The molecule has 3 unspecified atom stereocenters. The topological polar surface area (TPSA) is 26.7 Å². The number of benzene rings is 1. The lowest BCUT2D eigenvalue weighted by atomic mass is 10.0. The van der Waals surface area contributed by atoms with Crippen molar-refractivity contribution in [3.8, 4) is 0 Å². The molecule has 1 fully saturated rings. The molecule has 21 heavy (non-hydrogen) atoms. The quantitative estimate of drug-likeness (QED) is 0.903. The Morgan fingerprint density at radius 3 is 2.33 bits per heavy atom. The van der Waals surface area contributed by atoms with Gasteiger partial charge in [-0.3, -0.25) is 0 Å². The van der Waals surface area contributed by atoms with Crippen molar-refractivity contribution < 1.29 is 5.11 Å². The van der Waals surface area contributed by atoms with E-state index in [1.165, 1.54) is 11.1 Å². The first kappa shape index (κ1) is 16.5. The first-order valence-electron chi connectivity index (χ1n) is 8.02. The van der Waals surface area contributed by atoms with E-state index in [9.17, 15) is 5.11 Å². The van der Waals surface area contributed by atoms with Gasteiger partial charge in [0.15, 0.2) is 0 Å². The van der Waals surface area contributed by atoms with E-state index in [4.69, 9.17) is 0 Å². The van der Waals surface area contributed by atoms with E-state index in [0.717, 1.165) is 31.6 Å². The molecule has 0 bridgehead atoms. The molecule has 1 heterocycles. The molecule has 1 N–H and O–H groups in total. The lowest BCUT2D eigenvalue weighted by molar-refractivity contribution is 0.146. The minimum absolute atomic E-state index is 0.350. The van der Waals surface area contributed by atoms with E-state index in [2.05, 4.69) is 62.9 Å². The SMILES string of the molecule is Cc1cc(C)cc(C(O)CCN2CC(C)C(N(C)C)C2)c1. The van der Waals surface area contributed by atoms with Gasteiger partial charge in [0.25, 0.3) is 0 Å². The second kappa shape index (κ2) is 6.91. The van der Waals surface area contributed by atoms with E-state index < -0.39 is 0 Å². The Hall–Kier alpha value is -0.900. The van der Waals surface area contributed by atoms with E-state index in [1.807, 2.05) is 0 Å². The summed E-state index contributed by atoms with van der Waals surface area (Å²) in [4.78, 5) is 4.81. The maximum atomic E-state index is 10.4. The molecule has 1 aromatic carbocycles. The summed E-state index contributed by atoms with van der Waals surface area (Å²) in [6.45, 7) is 9.74. The molecule has 1 aromatic rings. The van der Waals surface area contributed by atoms with E-state index in [1.54, 1.807) is 0 Å². The standard InChI is InChI=1S/C18H30N2O/c1-13-8-14(2)10-16(9-13)18(21)6-7-20-11-15(3)17(12-20)19(4)5/h8-10,15,17-18,21H,6-7,11-12H2,1-5H3. The van der Waals surface area contributed by atoms with Gasteiger partial charge in [-0.15, -0.1) is 0 Å². The van der Waals surface area contributed by atoms with Crippen molar-refractivity contribution in [1.82, 2.24) is 9.80 Å². The highest BCUT2D eigenvalue weighted by Crippen LogP contribution is 2.24. The molecule has 0 amide bonds. The van der Waals surface area contributed by atoms with Gasteiger partial charge in [-0.05, 0) is 45.8 Å². The lowest BCUT2D eigenvalue weighted by Gasteiger charge is -2.23. The fourth-order valence-electron chi connectivity index (χ4n) is 3.58. The Kier molecular flexibility index (Phi) is 5.42. The van der Waals surface area contributed by atoms with Gasteiger partial charge in [-0.1, -0.05) is 36.2 Å². The number of rotatable bonds is 5. The van der Waals surface area contributed by atoms with Crippen LogP contribution in [0.1, 0.15) is 36.1 Å². The predicted octanol–water partition coefficient (Wildman–Crippen LogP) is 2.61. The van der Waals surface area contributed by atoms with Crippen molar-refractivity contribution >= 4 is 0 Å². The fraction of sp³-hybridized carbons (Fsp3) is 0.667. The van der Waals surface area contributed by atoms with Crippen LogP contribution in [-0.4, -0.2) is 54.7 Å². The maximum absolute atomic E-state index is 10.4. The summed E-state index contributed by atoms with van der Waals surface area (Å²) in [5.74, 6) is 0.707. The molecule has 3 nitrogen and oxygen atoms in total. The fourth-order valence-corrected chi connectivity index (χ4v) is 3.58. The zero-order valence-electron chi connectivity index (χ0n) is 14.1. The summed E-state index contributed by atoms with van der Waals surface area (Å²) >= 11 is 0. The molecule has 1 aliphatic rings. The van der Waals surface area contributed by atoms with Crippen molar-refractivity contribution in [1.29, 1.82) is 0 Å². The van der Waals surface area contributed by atoms with Gasteiger partial charge in [-0.2, -0.15) is 0 Å². The van der Waals surface area contributed by atoms with Crippen LogP contribution in [0.5, 0.6) is 0 Å². The van der Waals surface area contributed by atoms with Gasteiger partial charge in [0.2, 0.25) is 0 Å². The van der Waals surface area contributed by atoms with Gasteiger partial charge in [0.1, 0.15) is 0 Å². The second-order valence-electron chi connectivity index (χ2n) is 6.99. The number of likely N-dealkylation sites (tertiary alicyclic amines) is 1. The zero-order valence-corrected chi connectivity index (χ0v) is 14.1. The number of aryl methyl sites for hydroxylation is 2. The number of likely N-dealkylation sites (N-methyl/N-ethyl adjacent to an activating group) is 1. The number of nitrogens with zero attached hydrogens (tertiary/aromatic N) is 2. The van der Waals surface area contributed by atoms with Crippen molar-refractivity contribution in [3.63, 3.8) is 0 Å². The highest BCUT2D eigenvalue weighted by Gasteiger charge is 2.30. The number of hydrogen-bond acceptors (Lipinski definition) is 3. The normalized spacial score (nSPS) is 24.7. The molecule has 0 aliphatic carbocycles. The first-order valence-corrected chi connectivity index (χ1v) is 8.02. The molecule has 3 heteroatoms. The highest BCUT2D eigenvalue weighted by atomic mass is 16.3. The van der Waals surface area contributed by atoms with Gasteiger partial charge >= 0.3 is 0 Å². The summed E-state index contributed by atoms with van der Waals surface area (Å²) in [5, 5.41) is 10.4. The molecule has 3 atom stereocenters.